The molecule has 3 amide bonds. The first kappa shape index (κ1) is 29.6. The normalized spacial score (nSPS) is 18.9. The number of hydrogen-bond donors (Lipinski definition) is 2. The molecule has 3 rings (SSSR count). The zero-order valence-electron chi connectivity index (χ0n) is 22.4. The highest BCUT2D eigenvalue weighted by molar-refractivity contribution is 5.96. The maximum atomic E-state index is 13.4. The van der Waals surface area contributed by atoms with Crippen molar-refractivity contribution in [3.8, 4) is 5.75 Å². The molecule has 1 aliphatic rings. The van der Waals surface area contributed by atoms with Crippen molar-refractivity contribution >= 4 is 23.7 Å². The molecule has 39 heavy (non-hydrogen) atoms. The Labute approximate surface area is 228 Å². The number of aromatic nitrogens is 1. The fraction of sp³-hybridized carbons (Fsp3) is 0.464. The van der Waals surface area contributed by atoms with Crippen LogP contribution in [0.4, 0.5) is 0 Å². The summed E-state index contributed by atoms with van der Waals surface area (Å²) in [7, 11) is 1.59. The van der Waals surface area contributed by atoms with E-state index in [0.29, 0.717) is 30.8 Å². The van der Waals surface area contributed by atoms with Gasteiger partial charge in [-0.3, -0.25) is 24.2 Å². The molecule has 0 saturated heterocycles. The zero-order chi connectivity index (χ0) is 28.1. The summed E-state index contributed by atoms with van der Waals surface area (Å²) in [6.07, 6.45) is 4.21. The number of pyridine rings is 1. The smallest absolute Gasteiger partial charge is 0.314 e. The van der Waals surface area contributed by atoms with Crippen LogP contribution in [0.25, 0.3) is 0 Å². The first-order valence-corrected chi connectivity index (χ1v) is 13.0. The molecular formula is C28H36N4O7. The number of esters is 1. The molecule has 0 aliphatic carbocycles. The average molecular weight is 541 g/mol. The zero-order valence-corrected chi connectivity index (χ0v) is 22.4. The Morgan fingerprint density at radius 1 is 1.13 bits per heavy atom. The van der Waals surface area contributed by atoms with Crippen LogP contribution in [0.15, 0.2) is 48.8 Å². The van der Waals surface area contributed by atoms with Gasteiger partial charge in [0.15, 0.2) is 6.61 Å². The van der Waals surface area contributed by atoms with Crippen molar-refractivity contribution in [2.24, 2.45) is 5.41 Å². The first-order valence-electron chi connectivity index (χ1n) is 13.0. The van der Waals surface area contributed by atoms with E-state index in [1.54, 1.807) is 44.4 Å². The molecule has 2 N–H and O–H groups in total. The molecule has 1 aliphatic heterocycles. The molecule has 0 saturated carbocycles. The second-order valence-corrected chi connectivity index (χ2v) is 9.30. The van der Waals surface area contributed by atoms with Crippen molar-refractivity contribution in [3.05, 3.63) is 59.9 Å². The third kappa shape index (κ3) is 8.78. The Balaban J connectivity index is 1.93. The summed E-state index contributed by atoms with van der Waals surface area (Å²) in [5.41, 5.74) is 0.0620. The summed E-state index contributed by atoms with van der Waals surface area (Å²) in [6, 6.07) is 10.3. The van der Waals surface area contributed by atoms with Crippen LogP contribution in [-0.4, -0.2) is 86.7 Å². The third-order valence-electron chi connectivity index (χ3n) is 6.40. The molecule has 11 heteroatoms. The summed E-state index contributed by atoms with van der Waals surface area (Å²) in [5, 5.41) is 5.59. The van der Waals surface area contributed by atoms with Crippen LogP contribution in [0.3, 0.4) is 0 Å². The number of fused-ring (bicyclic) bond motifs is 2. The number of nitrogens with zero attached hydrogens (tertiary/aromatic N) is 2. The van der Waals surface area contributed by atoms with Crippen LogP contribution in [0.1, 0.15) is 35.7 Å². The number of carbonyl (C=O) groups is 4. The number of carbonyl (C=O) groups excluding carboxylic acids is 4. The van der Waals surface area contributed by atoms with Gasteiger partial charge in [-0.1, -0.05) is 12.1 Å². The summed E-state index contributed by atoms with van der Waals surface area (Å²) in [6.45, 7) is 2.08. The molecule has 0 fully saturated rings. The van der Waals surface area contributed by atoms with Crippen molar-refractivity contribution < 1.29 is 33.4 Å². The van der Waals surface area contributed by atoms with Crippen molar-refractivity contribution in [3.63, 3.8) is 0 Å². The predicted molar refractivity (Wildman–Crippen MR) is 142 cm³/mol. The predicted octanol–water partition coefficient (Wildman–Crippen LogP) is 1.37. The van der Waals surface area contributed by atoms with E-state index in [9.17, 15) is 19.2 Å². The summed E-state index contributed by atoms with van der Waals surface area (Å²) in [5.74, 6) is -1.14. The fourth-order valence-electron chi connectivity index (χ4n) is 4.42. The van der Waals surface area contributed by atoms with Crippen LogP contribution in [-0.2, 0) is 30.3 Å². The molecular weight excluding hydrogens is 504 g/mol. The topological polar surface area (TPSA) is 136 Å². The second-order valence-electron chi connectivity index (χ2n) is 9.30. The number of ether oxygens (including phenoxy) is 3. The molecule has 2 aromatic rings. The number of amides is 3. The van der Waals surface area contributed by atoms with Crippen LogP contribution >= 0.6 is 0 Å². The maximum absolute atomic E-state index is 13.4. The van der Waals surface area contributed by atoms with Gasteiger partial charge in [-0.25, -0.2) is 0 Å². The summed E-state index contributed by atoms with van der Waals surface area (Å²) >= 11 is 0. The molecule has 1 atom stereocenters. The van der Waals surface area contributed by atoms with E-state index >= 15 is 0 Å². The minimum Gasteiger partial charge on any atom is -0.484 e. The van der Waals surface area contributed by atoms with Gasteiger partial charge in [-0.2, -0.15) is 0 Å². The Kier molecular flexibility index (Phi) is 11.2. The lowest BCUT2D eigenvalue weighted by Crippen LogP contribution is -2.49. The molecule has 1 aromatic carbocycles. The van der Waals surface area contributed by atoms with E-state index in [1.165, 1.54) is 17.3 Å². The van der Waals surface area contributed by atoms with Gasteiger partial charge in [0.25, 0.3) is 11.8 Å². The average Bonchev–Trinajstić information content (AvgIpc) is 2.94. The van der Waals surface area contributed by atoms with E-state index in [4.69, 9.17) is 14.2 Å². The van der Waals surface area contributed by atoms with Gasteiger partial charge in [-0.15, -0.1) is 0 Å². The molecule has 0 radical (unpaired) electrons. The highest BCUT2D eigenvalue weighted by atomic mass is 16.5. The monoisotopic (exact) mass is 540 g/mol. The quantitative estimate of drug-likeness (QED) is 0.397. The van der Waals surface area contributed by atoms with Crippen LogP contribution in [0.5, 0.6) is 5.75 Å². The lowest BCUT2D eigenvalue weighted by Gasteiger charge is -2.32. The molecule has 210 valence electrons. The highest BCUT2D eigenvalue weighted by Crippen LogP contribution is 2.32. The van der Waals surface area contributed by atoms with Crippen molar-refractivity contribution in [1.29, 1.82) is 0 Å². The standard InChI is InChI=1S/C28H36N4O7/c1-3-38-27(36)28(10-5-15-37-2)17-21-6-4-7-23(16-21)39-19-25(34)30-13-14-32(18-24(33)31-20-28)26(35)22-8-11-29-12-9-22/h4,6-9,11-12,16H,3,5,10,13-15,17-20H2,1-2H3,(H,30,34)(H,31,33). The molecule has 0 spiro atoms. The van der Waals surface area contributed by atoms with Crippen molar-refractivity contribution in [1.82, 2.24) is 20.5 Å². The summed E-state index contributed by atoms with van der Waals surface area (Å²) < 4.78 is 16.4. The first-order chi connectivity index (χ1) is 18.9. The molecule has 1 aromatic heterocycles. The number of benzene rings is 1. The SMILES string of the molecule is CCOC(=O)C1(CCCOC)CNC(=O)CN(C(=O)c2ccncc2)CCNC(=O)COc2cccc(c2)C1. The van der Waals surface area contributed by atoms with Gasteiger partial charge in [-0.05, 0) is 56.0 Å². The van der Waals surface area contributed by atoms with E-state index in [2.05, 4.69) is 15.6 Å². The van der Waals surface area contributed by atoms with Crippen LogP contribution in [0.2, 0.25) is 0 Å². The number of rotatable bonds is 7. The fourth-order valence-corrected chi connectivity index (χ4v) is 4.42. The van der Waals surface area contributed by atoms with E-state index in [0.717, 1.165) is 5.56 Å². The van der Waals surface area contributed by atoms with Gasteiger partial charge in [0.2, 0.25) is 5.91 Å². The van der Waals surface area contributed by atoms with Gasteiger partial charge >= 0.3 is 5.97 Å². The molecule has 2 heterocycles. The number of hydrogen-bond acceptors (Lipinski definition) is 8. The minimum absolute atomic E-state index is 0.00743. The Morgan fingerprint density at radius 3 is 2.67 bits per heavy atom. The Bertz CT molecular complexity index is 1130. The lowest BCUT2D eigenvalue weighted by atomic mass is 9.77. The summed E-state index contributed by atoms with van der Waals surface area (Å²) in [4.78, 5) is 57.4. The lowest BCUT2D eigenvalue weighted by molar-refractivity contribution is -0.156. The van der Waals surface area contributed by atoms with Crippen molar-refractivity contribution in [2.75, 3.05) is 53.1 Å². The van der Waals surface area contributed by atoms with Crippen LogP contribution < -0.4 is 15.4 Å². The van der Waals surface area contributed by atoms with Gasteiger partial charge in [0, 0.05) is 51.3 Å². The van der Waals surface area contributed by atoms with Gasteiger partial charge in [0.1, 0.15) is 5.75 Å². The second kappa shape index (κ2) is 14.8. The molecule has 1 unspecified atom stereocenters. The number of nitrogens with one attached hydrogen (secondary N) is 2. The van der Waals surface area contributed by atoms with E-state index < -0.39 is 17.3 Å². The maximum Gasteiger partial charge on any atom is 0.314 e. The van der Waals surface area contributed by atoms with Gasteiger partial charge < -0.3 is 29.7 Å². The van der Waals surface area contributed by atoms with E-state index in [1.807, 2.05) is 6.07 Å². The van der Waals surface area contributed by atoms with Gasteiger partial charge in [0.05, 0.1) is 18.6 Å². The van der Waals surface area contributed by atoms with Crippen LogP contribution in [0, 0.1) is 5.41 Å². The third-order valence-corrected chi connectivity index (χ3v) is 6.40. The highest BCUT2D eigenvalue weighted by Gasteiger charge is 2.40. The largest absolute Gasteiger partial charge is 0.484 e. The molecule has 11 nitrogen and oxygen atoms in total. The van der Waals surface area contributed by atoms with E-state index in [-0.39, 0.29) is 57.6 Å². The Hall–Kier alpha value is -3.99. The molecule has 2 bridgehead atoms. The minimum atomic E-state index is -1.09. The van der Waals surface area contributed by atoms with Crippen molar-refractivity contribution in [2.45, 2.75) is 26.2 Å². The number of methoxy groups -OCH3 is 1. The Morgan fingerprint density at radius 2 is 1.92 bits per heavy atom.